The molecule has 1 atom stereocenters. The summed E-state index contributed by atoms with van der Waals surface area (Å²) < 4.78 is 12.0. The number of aryl methyl sites for hydroxylation is 1. The molecule has 9 heteroatoms. The quantitative estimate of drug-likeness (QED) is 0.313. The molecule has 1 heterocycles. The van der Waals surface area contributed by atoms with Gasteiger partial charge in [-0.25, -0.2) is 23.9 Å². The van der Waals surface area contributed by atoms with Gasteiger partial charge in [-0.15, -0.1) is 0 Å². The summed E-state index contributed by atoms with van der Waals surface area (Å²) in [7, 11) is 1.58. The number of amides is 1. The van der Waals surface area contributed by atoms with E-state index in [4.69, 9.17) is 9.47 Å². The third-order valence-electron chi connectivity index (χ3n) is 5.57. The van der Waals surface area contributed by atoms with Crippen LogP contribution in [0.25, 0.3) is 0 Å². The van der Waals surface area contributed by atoms with E-state index in [2.05, 4.69) is 11.9 Å². The molecule has 1 amide bonds. The van der Waals surface area contributed by atoms with Gasteiger partial charge in [-0.1, -0.05) is 37.6 Å². The molecule has 196 valence electrons. The van der Waals surface area contributed by atoms with Crippen molar-refractivity contribution in [2.24, 2.45) is 0 Å². The summed E-state index contributed by atoms with van der Waals surface area (Å²) in [6.07, 6.45) is 2.99. The Morgan fingerprint density at radius 2 is 1.70 bits per heavy atom. The fourth-order valence-corrected chi connectivity index (χ4v) is 3.79. The van der Waals surface area contributed by atoms with Crippen molar-refractivity contribution in [1.29, 1.82) is 0 Å². The minimum atomic E-state index is -1.19. The largest absolute Gasteiger partial charge is 0.464 e. The lowest BCUT2D eigenvalue weighted by Gasteiger charge is -2.27. The van der Waals surface area contributed by atoms with Crippen molar-refractivity contribution in [1.82, 2.24) is 14.5 Å². The molecule has 0 saturated carbocycles. The van der Waals surface area contributed by atoms with Gasteiger partial charge in [0, 0.05) is 26.0 Å². The molecule has 3 aromatic rings. The molecule has 0 saturated heterocycles. The summed E-state index contributed by atoms with van der Waals surface area (Å²) >= 11 is 0. The third-order valence-corrected chi connectivity index (χ3v) is 5.57. The summed E-state index contributed by atoms with van der Waals surface area (Å²) in [4.78, 5) is 42.6. The summed E-state index contributed by atoms with van der Waals surface area (Å²) in [6, 6.07) is 14.0. The van der Waals surface area contributed by atoms with Crippen molar-refractivity contribution in [2.75, 3.05) is 13.6 Å². The molecule has 9 nitrogen and oxygen atoms in total. The van der Waals surface area contributed by atoms with E-state index in [0.717, 1.165) is 23.0 Å². The van der Waals surface area contributed by atoms with E-state index in [1.165, 1.54) is 17.3 Å². The number of carboxylic acid groups (broad SMARTS) is 1. The van der Waals surface area contributed by atoms with Gasteiger partial charge in [0.25, 0.3) is 0 Å². The van der Waals surface area contributed by atoms with Crippen LogP contribution in [-0.4, -0.2) is 56.9 Å². The van der Waals surface area contributed by atoms with Gasteiger partial charge in [-0.3, -0.25) is 0 Å². The smallest absolute Gasteiger partial charge is 0.417 e. The van der Waals surface area contributed by atoms with E-state index in [9.17, 15) is 19.5 Å². The van der Waals surface area contributed by atoms with E-state index in [1.54, 1.807) is 64.2 Å². The molecule has 1 unspecified atom stereocenters. The first-order valence-electron chi connectivity index (χ1n) is 12.1. The molecule has 0 spiro atoms. The molecule has 3 rings (SSSR count). The average Bonchev–Trinajstić information content (AvgIpc) is 3.32. The number of likely N-dealkylation sites (N-methyl/N-ethyl adjacent to an activating group) is 1. The number of carbonyl (C=O) groups excluding carboxylic acids is 2. The molecular weight excluding hydrogens is 474 g/mol. The van der Waals surface area contributed by atoms with Gasteiger partial charge < -0.3 is 19.5 Å². The molecule has 0 aliphatic carbocycles. The van der Waals surface area contributed by atoms with Crippen molar-refractivity contribution < 1.29 is 29.0 Å². The lowest BCUT2D eigenvalue weighted by molar-refractivity contribution is 0.0292. The van der Waals surface area contributed by atoms with Crippen LogP contribution < -0.4 is 4.74 Å². The van der Waals surface area contributed by atoms with Crippen molar-refractivity contribution in [3.8, 4) is 5.75 Å². The monoisotopic (exact) mass is 507 g/mol. The number of hydrogen-bond acceptors (Lipinski definition) is 6. The van der Waals surface area contributed by atoms with E-state index < -0.39 is 29.7 Å². The molecule has 0 fully saturated rings. The minimum absolute atomic E-state index is 0.114. The first-order chi connectivity index (χ1) is 17.5. The molecule has 0 bridgehead atoms. The third kappa shape index (κ3) is 7.42. The van der Waals surface area contributed by atoms with Crippen LogP contribution in [0, 0.1) is 0 Å². The van der Waals surface area contributed by atoms with Crippen LogP contribution in [0.4, 0.5) is 9.59 Å². The highest BCUT2D eigenvalue weighted by Crippen LogP contribution is 2.27. The maximum absolute atomic E-state index is 12.6. The highest BCUT2D eigenvalue weighted by molar-refractivity contribution is 5.91. The van der Waals surface area contributed by atoms with Crippen LogP contribution in [0.1, 0.15) is 67.3 Å². The Morgan fingerprint density at radius 1 is 1.05 bits per heavy atom. The predicted molar refractivity (Wildman–Crippen MR) is 138 cm³/mol. The molecule has 0 aliphatic rings. The standard InChI is InChI=1S/C28H33N3O6/c1-6-7-19-8-10-21(11-9-19)25(32)36-22-14-12-20(13-15-22)23(24-29-16-17-31(24)26(33)34)18-30(5)27(35)37-28(2,3)4/h8-17,23H,6-7,18H2,1-5H3,(H,33,34). The van der Waals surface area contributed by atoms with Gasteiger partial charge in [-0.2, -0.15) is 0 Å². The summed E-state index contributed by atoms with van der Waals surface area (Å²) in [6.45, 7) is 7.52. The number of esters is 1. The van der Waals surface area contributed by atoms with Crippen molar-refractivity contribution >= 4 is 18.2 Å². The van der Waals surface area contributed by atoms with Crippen LogP contribution in [0.5, 0.6) is 5.75 Å². The van der Waals surface area contributed by atoms with Crippen molar-refractivity contribution in [3.63, 3.8) is 0 Å². The van der Waals surface area contributed by atoms with Gasteiger partial charge in [0.05, 0.1) is 11.5 Å². The topological polar surface area (TPSA) is 111 Å². The highest BCUT2D eigenvalue weighted by Gasteiger charge is 2.27. The zero-order chi connectivity index (χ0) is 27.2. The second-order valence-corrected chi connectivity index (χ2v) is 9.76. The van der Waals surface area contributed by atoms with E-state index >= 15 is 0 Å². The lowest BCUT2D eigenvalue weighted by Crippen LogP contribution is -2.37. The van der Waals surface area contributed by atoms with E-state index in [-0.39, 0.29) is 12.4 Å². The SMILES string of the molecule is CCCc1ccc(C(=O)Oc2ccc(C(CN(C)C(=O)OC(C)(C)C)c3nccn3C(=O)O)cc2)cc1. The fourth-order valence-electron chi connectivity index (χ4n) is 3.79. The van der Waals surface area contributed by atoms with Gasteiger partial charge in [0.1, 0.15) is 17.2 Å². The Morgan fingerprint density at radius 3 is 2.27 bits per heavy atom. The lowest BCUT2D eigenvalue weighted by atomic mass is 9.97. The molecule has 0 aliphatic heterocycles. The Hall–Kier alpha value is -4.14. The zero-order valence-corrected chi connectivity index (χ0v) is 21.8. The molecule has 37 heavy (non-hydrogen) atoms. The predicted octanol–water partition coefficient (Wildman–Crippen LogP) is 5.58. The number of hydrogen-bond donors (Lipinski definition) is 1. The maximum Gasteiger partial charge on any atom is 0.417 e. The summed E-state index contributed by atoms with van der Waals surface area (Å²) in [5.74, 6) is -0.468. The first kappa shape index (κ1) is 27.4. The van der Waals surface area contributed by atoms with Crippen LogP contribution in [0.2, 0.25) is 0 Å². The number of benzene rings is 2. The normalized spacial score (nSPS) is 12.0. The molecule has 1 aromatic heterocycles. The van der Waals surface area contributed by atoms with E-state index in [1.807, 2.05) is 12.1 Å². The average molecular weight is 508 g/mol. The van der Waals surface area contributed by atoms with Crippen LogP contribution in [0.15, 0.2) is 60.9 Å². The van der Waals surface area contributed by atoms with E-state index in [0.29, 0.717) is 16.9 Å². The number of nitrogens with zero attached hydrogens (tertiary/aromatic N) is 3. The minimum Gasteiger partial charge on any atom is -0.464 e. The fraction of sp³-hybridized carbons (Fsp3) is 0.357. The Labute approximate surface area is 216 Å². The molecular formula is C28H33N3O6. The number of imidazole rings is 1. The molecule has 0 radical (unpaired) electrons. The number of ether oxygens (including phenoxy) is 2. The molecule has 1 N–H and O–H groups in total. The van der Waals surface area contributed by atoms with Gasteiger partial charge in [-0.05, 0) is 62.6 Å². The number of aromatic nitrogens is 2. The Bertz CT molecular complexity index is 1230. The van der Waals surface area contributed by atoms with Gasteiger partial charge >= 0.3 is 18.2 Å². The molecule has 2 aromatic carbocycles. The van der Waals surface area contributed by atoms with Crippen molar-refractivity contribution in [3.05, 3.63) is 83.4 Å². The first-order valence-corrected chi connectivity index (χ1v) is 12.1. The Kier molecular flexibility index (Phi) is 8.70. The van der Waals surface area contributed by atoms with Crippen molar-refractivity contribution in [2.45, 2.75) is 52.1 Å². The summed E-state index contributed by atoms with van der Waals surface area (Å²) in [5, 5.41) is 9.61. The summed E-state index contributed by atoms with van der Waals surface area (Å²) in [5.41, 5.74) is 1.62. The number of carbonyl (C=O) groups is 3. The van der Waals surface area contributed by atoms with Gasteiger partial charge in [0.15, 0.2) is 0 Å². The number of rotatable bonds is 8. The highest BCUT2D eigenvalue weighted by atomic mass is 16.6. The van der Waals surface area contributed by atoms with Crippen LogP contribution >= 0.6 is 0 Å². The van der Waals surface area contributed by atoms with Crippen LogP contribution in [0.3, 0.4) is 0 Å². The second-order valence-electron chi connectivity index (χ2n) is 9.76. The van der Waals surface area contributed by atoms with Gasteiger partial charge in [0.2, 0.25) is 0 Å². The zero-order valence-electron chi connectivity index (χ0n) is 21.8. The second kappa shape index (κ2) is 11.7. The van der Waals surface area contributed by atoms with Crippen LogP contribution in [-0.2, 0) is 11.2 Å². The Balaban J connectivity index is 1.81. The maximum atomic E-state index is 12.6.